The molecule has 4 saturated carbocycles. The van der Waals surface area contributed by atoms with E-state index in [1.54, 1.807) is 10.9 Å². The van der Waals surface area contributed by atoms with Crippen molar-refractivity contribution in [3.05, 3.63) is 88.5 Å². The van der Waals surface area contributed by atoms with E-state index in [0.717, 1.165) is 23.0 Å². The molecule has 0 amide bonds. The summed E-state index contributed by atoms with van der Waals surface area (Å²) in [6.45, 7) is 8.46. The zero-order valence-electron chi connectivity index (χ0n) is 31.9. The van der Waals surface area contributed by atoms with Crippen LogP contribution in [0.5, 0.6) is 0 Å². The van der Waals surface area contributed by atoms with Gasteiger partial charge in [0.25, 0.3) is 0 Å². The molecule has 4 aliphatic rings. The first kappa shape index (κ1) is 39.0. The maximum Gasteiger partial charge on any atom is 0.416 e. The van der Waals surface area contributed by atoms with Crippen LogP contribution in [0.15, 0.2) is 60.7 Å². The van der Waals surface area contributed by atoms with E-state index in [2.05, 4.69) is 69.3 Å². The smallest absolute Gasteiger partial charge is 0.166 e. The Bertz CT molecular complexity index is 1500. The van der Waals surface area contributed by atoms with Crippen molar-refractivity contribution in [2.45, 2.75) is 172 Å². The van der Waals surface area contributed by atoms with E-state index in [9.17, 15) is 13.2 Å². The zero-order chi connectivity index (χ0) is 36.0. The molecule has 0 aromatic heterocycles. The van der Waals surface area contributed by atoms with Gasteiger partial charge in [-0.25, -0.2) is 0 Å². The van der Waals surface area contributed by atoms with Gasteiger partial charge in [-0.15, -0.1) is 0 Å². The third kappa shape index (κ3) is 9.90. The minimum Gasteiger partial charge on any atom is -0.166 e. The molecule has 4 atom stereocenters. The summed E-state index contributed by atoms with van der Waals surface area (Å²) in [6.07, 6.45) is 20.6. The monoisotopic (exact) mass is 734 g/mol. The van der Waals surface area contributed by atoms with Gasteiger partial charge in [-0.05, 0) is 135 Å². The van der Waals surface area contributed by atoms with Gasteiger partial charge in [-0.1, -0.05) is 152 Å². The van der Waals surface area contributed by atoms with E-state index in [4.69, 9.17) is 0 Å². The Morgan fingerprint density at radius 1 is 0.569 bits per heavy atom. The molecular formula is C46H63F3P2. The molecule has 0 saturated heterocycles. The average Bonchev–Trinajstić information content (AvgIpc) is 3.85. The SMILES string of the molecule is C1CCCC1.Cc1cc(C)cc(P(c2cc(C)cc(C(F)(F)F)c2)[C@@H](C)C2CCCC2c2ccccc2P(C2CCCCC2)C2CCCCC2)c1. The minimum atomic E-state index is -4.35. The molecular weight excluding hydrogens is 671 g/mol. The van der Waals surface area contributed by atoms with Gasteiger partial charge in [-0.2, -0.15) is 13.2 Å². The number of benzene rings is 3. The first-order valence-corrected chi connectivity index (χ1v) is 23.4. The molecule has 0 bridgehead atoms. The number of hydrogen-bond donors (Lipinski definition) is 0. The highest BCUT2D eigenvalue weighted by molar-refractivity contribution is 7.73. The molecule has 5 heteroatoms. The van der Waals surface area contributed by atoms with Crippen molar-refractivity contribution >= 4 is 31.8 Å². The molecule has 0 heterocycles. The van der Waals surface area contributed by atoms with Crippen LogP contribution in [0, 0.1) is 26.7 Å². The van der Waals surface area contributed by atoms with E-state index in [1.165, 1.54) is 138 Å². The number of hydrogen-bond acceptors (Lipinski definition) is 0. The summed E-state index contributed by atoms with van der Waals surface area (Å²) in [5.41, 5.74) is 6.16. The third-order valence-electron chi connectivity index (χ3n) is 12.5. The van der Waals surface area contributed by atoms with Crippen LogP contribution in [0.3, 0.4) is 0 Å². The lowest BCUT2D eigenvalue weighted by Gasteiger charge is -2.41. The standard InChI is InChI=1S/C41H53F3P2.C5H10/c1-28-22-29(2)25-35(24-28)45(36-26-30(3)23-32(27-36)41(42,43)44)31(4)37-19-13-20-38(37)39-18-11-12-21-40(39)46(33-14-7-5-8-15-33)34-16-9-6-10-17-34;1-2-4-5-3-1/h11-12,18,21-27,31,33-34,37-38H,5-10,13-17,19-20H2,1-4H3;1-5H2/t31-,37?,38?,45?;/m0./s1. The van der Waals surface area contributed by atoms with Crippen LogP contribution in [0.1, 0.15) is 156 Å². The number of aryl methyl sites for hydroxylation is 3. The van der Waals surface area contributed by atoms with Crippen LogP contribution in [-0.2, 0) is 6.18 Å². The van der Waals surface area contributed by atoms with Crippen LogP contribution < -0.4 is 15.9 Å². The van der Waals surface area contributed by atoms with Gasteiger partial charge >= 0.3 is 6.18 Å². The Labute approximate surface area is 310 Å². The third-order valence-corrected chi connectivity index (χ3v) is 18.9. The second-order valence-electron chi connectivity index (χ2n) is 16.5. The van der Waals surface area contributed by atoms with Crippen LogP contribution in [0.4, 0.5) is 13.2 Å². The van der Waals surface area contributed by atoms with Crippen molar-refractivity contribution in [3.63, 3.8) is 0 Å². The summed E-state index contributed by atoms with van der Waals surface area (Å²) < 4.78 is 42.5. The molecule has 3 unspecified atom stereocenters. The topological polar surface area (TPSA) is 0 Å². The molecule has 4 aliphatic carbocycles. The molecule has 7 rings (SSSR count). The summed E-state index contributed by atoms with van der Waals surface area (Å²) in [6, 6.07) is 21.1. The van der Waals surface area contributed by atoms with Crippen molar-refractivity contribution in [1.29, 1.82) is 0 Å². The van der Waals surface area contributed by atoms with E-state index >= 15 is 0 Å². The summed E-state index contributed by atoms with van der Waals surface area (Å²) in [4.78, 5) is 0. The Kier molecular flexibility index (Phi) is 13.8. The van der Waals surface area contributed by atoms with Crippen molar-refractivity contribution in [1.82, 2.24) is 0 Å². The van der Waals surface area contributed by atoms with Gasteiger partial charge < -0.3 is 0 Å². The first-order valence-electron chi connectivity index (χ1n) is 20.5. The van der Waals surface area contributed by atoms with Gasteiger partial charge in [0.2, 0.25) is 0 Å². The Morgan fingerprint density at radius 2 is 1.06 bits per heavy atom. The van der Waals surface area contributed by atoms with Crippen molar-refractivity contribution in [2.24, 2.45) is 5.92 Å². The van der Waals surface area contributed by atoms with E-state index < -0.39 is 19.7 Å². The lowest BCUT2D eigenvalue weighted by atomic mass is 9.87. The largest absolute Gasteiger partial charge is 0.416 e. The zero-order valence-corrected chi connectivity index (χ0v) is 33.7. The van der Waals surface area contributed by atoms with Crippen molar-refractivity contribution in [3.8, 4) is 0 Å². The first-order chi connectivity index (χ1) is 24.6. The Morgan fingerprint density at radius 3 is 1.61 bits per heavy atom. The van der Waals surface area contributed by atoms with Crippen LogP contribution in [0.2, 0.25) is 0 Å². The van der Waals surface area contributed by atoms with Crippen LogP contribution in [-0.4, -0.2) is 17.0 Å². The van der Waals surface area contributed by atoms with Crippen LogP contribution >= 0.6 is 15.8 Å². The second kappa shape index (κ2) is 18.1. The molecule has 0 spiro atoms. The van der Waals surface area contributed by atoms with Crippen molar-refractivity contribution in [2.75, 3.05) is 0 Å². The molecule has 3 aromatic carbocycles. The van der Waals surface area contributed by atoms with Gasteiger partial charge in [0, 0.05) is 0 Å². The fraction of sp³-hybridized carbons (Fsp3) is 0.609. The Balaban J connectivity index is 0.000000825. The molecule has 278 valence electrons. The number of halogens is 3. The van der Waals surface area contributed by atoms with E-state index in [0.29, 0.717) is 17.4 Å². The van der Waals surface area contributed by atoms with Crippen LogP contribution in [0.25, 0.3) is 0 Å². The highest BCUT2D eigenvalue weighted by Crippen LogP contribution is 2.58. The maximum atomic E-state index is 14.2. The highest BCUT2D eigenvalue weighted by atomic mass is 31.1. The fourth-order valence-corrected chi connectivity index (χ4v) is 17.6. The lowest BCUT2D eigenvalue weighted by Crippen LogP contribution is -2.32. The average molecular weight is 735 g/mol. The predicted octanol–water partition coefficient (Wildman–Crippen LogP) is 13.8. The van der Waals surface area contributed by atoms with E-state index in [1.807, 2.05) is 6.92 Å². The Hall–Kier alpha value is -1.69. The van der Waals surface area contributed by atoms with Crippen molar-refractivity contribution < 1.29 is 13.2 Å². The molecule has 0 radical (unpaired) electrons. The van der Waals surface area contributed by atoms with Gasteiger partial charge in [0.1, 0.15) is 0 Å². The number of rotatable bonds is 8. The van der Waals surface area contributed by atoms with E-state index in [-0.39, 0.29) is 13.6 Å². The maximum absolute atomic E-state index is 14.2. The molecule has 0 nitrogen and oxygen atoms in total. The molecule has 3 aromatic rings. The lowest BCUT2D eigenvalue weighted by molar-refractivity contribution is -0.137. The summed E-state index contributed by atoms with van der Waals surface area (Å²) in [5.74, 6) is 0.934. The molecule has 4 fully saturated rings. The summed E-state index contributed by atoms with van der Waals surface area (Å²) in [5, 5.41) is 3.81. The summed E-state index contributed by atoms with van der Waals surface area (Å²) >= 11 is 0. The summed E-state index contributed by atoms with van der Waals surface area (Å²) in [7, 11) is -1.22. The quantitative estimate of drug-likeness (QED) is 0.202. The predicted molar refractivity (Wildman–Crippen MR) is 218 cm³/mol. The number of alkyl halides is 3. The van der Waals surface area contributed by atoms with Gasteiger partial charge in [0.05, 0.1) is 5.56 Å². The highest BCUT2D eigenvalue weighted by Gasteiger charge is 2.41. The minimum absolute atomic E-state index is 0.220. The molecule has 51 heavy (non-hydrogen) atoms. The second-order valence-corrected chi connectivity index (χ2v) is 21.9. The molecule has 0 N–H and O–H groups in total. The normalized spacial score (nSPS) is 23.2. The fourth-order valence-electron chi connectivity index (χ4n) is 10.2. The molecule has 0 aliphatic heterocycles. The van der Waals surface area contributed by atoms with Gasteiger partial charge in [0.15, 0.2) is 0 Å². The van der Waals surface area contributed by atoms with Gasteiger partial charge in [-0.3, -0.25) is 0 Å².